The fraction of sp³-hybridized carbons (Fsp3) is 0.727. The third-order valence-corrected chi connectivity index (χ3v) is 2.78. The number of hydrogen-bond acceptors (Lipinski definition) is 1. The lowest BCUT2D eigenvalue weighted by molar-refractivity contribution is -0.121. The van der Waals surface area contributed by atoms with Gasteiger partial charge >= 0.3 is 0 Å². The number of carbonyl (C=O) groups excluding carboxylic acids is 1. The molecule has 1 aliphatic rings. The van der Waals surface area contributed by atoms with Gasteiger partial charge in [0.2, 0.25) is 5.91 Å². The molecule has 2 N–H and O–H groups in total. The molecule has 1 rings (SSSR count). The Hall–Kier alpha value is -0.790. The summed E-state index contributed by atoms with van der Waals surface area (Å²) in [5.41, 5.74) is 8.34. The summed E-state index contributed by atoms with van der Waals surface area (Å²) < 4.78 is 0. The van der Waals surface area contributed by atoms with E-state index in [0.717, 1.165) is 19.3 Å². The second-order valence-electron chi connectivity index (χ2n) is 4.08. The maximum absolute atomic E-state index is 10.7. The monoisotopic (exact) mass is 181 g/mol. The number of amides is 1. The fourth-order valence-electron chi connectivity index (χ4n) is 1.48. The summed E-state index contributed by atoms with van der Waals surface area (Å²) in [6, 6.07) is 0. The van der Waals surface area contributed by atoms with Crippen LogP contribution in [0.25, 0.3) is 0 Å². The summed E-state index contributed by atoms with van der Waals surface area (Å²) in [5, 5.41) is 0. The summed E-state index contributed by atoms with van der Waals surface area (Å²) >= 11 is 0. The van der Waals surface area contributed by atoms with Gasteiger partial charge in [-0.05, 0) is 39.0 Å². The van der Waals surface area contributed by atoms with Crippen LogP contribution in [0.1, 0.15) is 46.0 Å². The van der Waals surface area contributed by atoms with Gasteiger partial charge in [-0.2, -0.15) is 0 Å². The number of nitrogens with two attached hydrogens (primary N) is 1. The van der Waals surface area contributed by atoms with Crippen LogP contribution in [0.4, 0.5) is 0 Å². The van der Waals surface area contributed by atoms with Crippen LogP contribution in [0, 0.1) is 5.92 Å². The molecule has 0 aromatic heterocycles. The number of carbonyl (C=O) groups is 1. The van der Waals surface area contributed by atoms with Gasteiger partial charge < -0.3 is 5.73 Å². The number of allylic oxidation sites excluding steroid dienone is 2. The molecular formula is C11H19NO. The molecule has 2 nitrogen and oxygen atoms in total. The molecule has 2 heteroatoms. The van der Waals surface area contributed by atoms with Gasteiger partial charge in [0.05, 0.1) is 0 Å². The molecule has 1 amide bonds. The van der Waals surface area contributed by atoms with Gasteiger partial charge in [-0.25, -0.2) is 0 Å². The van der Waals surface area contributed by atoms with Crippen molar-refractivity contribution < 1.29 is 4.79 Å². The van der Waals surface area contributed by atoms with E-state index >= 15 is 0 Å². The van der Waals surface area contributed by atoms with Gasteiger partial charge in [0.25, 0.3) is 0 Å². The SMILES string of the molecule is CC(CCCC(C)C(N)=O)=C1CC1. The molecule has 0 aromatic rings. The van der Waals surface area contributed by atoms with Crippen molar-refractivity contribution in [2.75, 3.05) is 0 Å². The van der Waals surface area contributed by atoms with E-state index in [1.54, 1.807) is 5.57 Å². The Morgan fingerprint density at radius 2 is 2.15 bits per heavy atom. The van der Waals surface area contributed by atoms with Crippen LogP contribution in [0.2, 0.25) is 0 Å². The average Bonchev–Trinajstić information content (AvgIpc) is 2.85. The van der Waals surface area contributed by atoms with Crippen molar-refractivity contribution in [1.82, 2.24) is 0 Å². The van der Waals surface area contributed by atoms with E-state index in [2.05, 4.69) is 6.92 Å². The van der Waals surface area contributed by atoms with Crippen molar-refractivity contribution in [1.29, 1.82) is 0 Å². The first-order valence-electron chi connectivity index (χ1n) is 5.08. The molecule has 1 atom stereocenters. The topological polar surface area (TPSA) is 43.1 Å². The Bertz CT molecular complexity index is 224. The molecule has 0 aliphatic heterocycles. The third kappa shape index (κ3) is 3.62. The van der Waals surface area contributed by atoms with E-state index < -0.39 is 0 Å². The molecule has 1 fully saturated rings. The van der Waals surface area contributed by atoms with Crippen LogP contribution in [-0.4, -0.2) is 5.91 Å². The van der Waals surface area contributed by atoms with E-state index in [-0.39, 0.29) is 11.8 Å². The van der Waals surface area contributed by atoms with E-state index in [9.17, 15) is 4.79 Å². The summed E-state index contributed by atoms with van der Waals surface area (Å²) in [6.07, 6.45) is 5.78. The van der Waals surface area contributed by atoms with Crippen molar-refractivity contribution in [3.05, 3.63) is 11.1 Å². The van der Waals surface area contributed by atoms with E-state index in [0.29, 0.717) is 0 Å². The second kappa shape index (κ2) is 4.45. The van der Waals surface area contributed by atoms with Gasteiger partial charge in [-0.3, -0.25) is 4.79 Å². The van der Waals surface area contributed by atoms with Crippen molar-refractivity contribution in [3.63, 3.8) is 0 Å². The zero-order valence-corrected chi connectivity index (χ0v) is 8.60. The molecule has 1 saturated carbocycles. The molecule has 1 unspecified atom stereocenters. The molecule has 0 bridgehead atoms. The average molecular weight is 181 g/mol. The van der Waals surface area contributed by atoms with Crippen LogP contribution in [0.5, 0.6) is 0 Å². The van der Waals surface area contributed by atoms with Crippen LogP contribution >= 0.6 is 0 Å². The predicted octanol–water partition coefficient (Wildman–Crippen LogP) is 2.39. The molecule has 0 saturated heterocycles. The normalized spacial score (nSPS) is 16.9. The summed E-state index contributed by atoms with van der Waals surface area (Å²) in [7, 11) is 0. The lowest BCUT2D eigenvalue weighted by Crippen LogP contribution is -2.20. The molecule has 74 valence electrons. The van der Waals surface area contributed by atoms with Crippen LogP contribution in [-0.2, 0) is 4.79 Å². The zero-order chi connectivity index (χ0) is 9.84. The highest BCUT2D eigenvalue weighted by molar-refractivity contribution is 5.76. The highest BCUT2D eigenvalue weighted by Crippen LogP contribution is 2.33. The third-order valence-electron chi connectivity index (χ3n) is 2.78. The largest absolute Gasteiger partial charge is 0.369 e. The fourth-order valence-corrected chi connectivity index (χ4v) is 1.48. The molecule has 0 radical (unpaired) electrons. The van der Waals surface area contributed by atoms with Crippen molar-refractivity contribution in [3.8, 4) is 0 Å². The molecular weight excluding hydrogens is 162 g/mol. The van der Waals surface area contributed by atoms with Crippen LogP contribution in [0.15, 0.2) is 11.1 Å². The Morgan fingerprint density at radius 3 is 2.62 bits per heavy atom. The summed E-state index contributed by atoms with van der Waals surface area (Å²) in [4.78, 5) is 10.7. The molecule has 13 heavy (non-hydrogen) atoms. The first-order chi connectivity index (χ1) is 6.11. The number of hydrogen-bond donors (Lipinski definition) is 1. The van der Waals surface area contributed by atoms with Gasteiger partial charge in [0.1, 0.15) is 0 Å². The molecule has 0 heterocycles. The molecule has 0 aromatic carbocycles. The van der Waals surface area contributed by atoms with E-state index in [4.69, 9.17) is 5.73 Å². The Labute approximate surface area is 80.2 Å². The lowest BCUT2D eigenvalue weighted by atomic mass is 10.0. The van der Waals surface area contributed by atoms with Crippen molar-refractivity contribution in [2.24, 2.45) is 11.7 Å². The van der Waals surface area contributed by atoms with Crippen LogP contribution < -0.4 is 5.73 Å². The quantitative estimate of drug-likeness (QED) is 0.650. The smallest absolute Gasteiger partial charge is 0.220 e. The highest BCUT2D eigenvalue weighted by Gasteiger charge is 2.14. The Kier molecular flexibility index (Phi) is 3.52. The standard InChI is InChI=1S/C11H19NO/c1-8(10-6-7-10)4-3-5-9(2)11(12)13/h9H,3-7H2,1-2H3,(H2,12,13). The van der Waals surface area contributed by atoms with Gasteiger partial charge in [0, 0.05) is 5.92 Å². The highest BCUT2D eigenvalue weighted by atomic mass is 16.1. The first kappa shape index (κ1) is 10.3. The van der Waals surface area contributed by atoms with E-state index in [1.807, 2.05) is 6.92 Å². The second-order valence-corrected chi connectivity index (χ2v) is 4.08. The van der Waals surface area contributed by atoms with Gasteiger partial charge in [0.15, 0.2) is 0 Å². The molecule has 1 aliphatic carbocycles. The minimum Gasteiger partial charge on any atom is -0.369 e. The predicted molar refractivity (Wildman–Crippen MR) is 54.1 cm³/mol. The Balaban J connectivity index is 2.13. The summed E-state index contributed by atoms with van der Waals surface area (Å²) in [6.45, 7) is 4.11. The first-order valence-corrected chi connectivity index (χ1v) is 5.08. The van der Waals surface area contributed by atoms with E-state index in [1.165, 1.54) is 18.4 Å². The van der Waals surface area contributed by atoms with Crippen LogP contribution in [0.3, 0.4) is 0 Å². The lowest BCUT2D eigenvalue weighted by Gasteiger charge is -2.06. The minimum absolute atomic E-state index is 0.0389. The van der Waals surface area contributed by atoms with Crippen molar-refractivity contribution in [2.45, 2.75) is 46.0 Å². The van der Waals surface area contributed by atoms with Gasteiger partial charge in [-0.1, -0.05) is 18.1 Å². The molecule has 0 spiro atoms. The summed E-state index contributed by atoms with van der Waals surface area (Å²) in [5.74, 6) is -0.131. The zero-order valence-electron chi connectivity index (χ0n) is 8.60. The Morgan fingerprint density at radius 1 is 1.54 bits per heavy atom. The maximum atomic E-state index is 10.7. The number of rotatable bonds is 5. The minimum atomic E-state index is -0.170. The van der Waals surface area contributed by atoms with Crippen molar-refractivity contribution >= 4 is 5.91 Å². The number of primary amides is 1. The van der Waals surface area contributed by atoms with Gasteiger partial charge in [-0.15, -0.1) is 0 Å². The maximum Gasteiger partial charge on any atom is 0.220 e.